The SMILES string of the molecule is COC(=O)C1c2ccc(OC3CCOCC3)cc2CCN1C(=O)OCC(C)C. The Kier molecular flexibility index (Phi) is 6.78. The van der Waals surface area contributed by atoms with Crippen molar-refractivity contribution < 1.29 is 28.5 Å². The van der Waals surface area contributed by atoms with E-state index in [0.29, 0.717) is 32.8 Å². The van der Waals surface area contributed by atoms with E-state index in [4.69, 9.17) is 18.9 Å². The van der Waals surface area contributed by atoms with Crippen LogP contribution in [0.3, 0.4) is 0 Å². The van der Waals surface area contributed by atoms with E-state index in [2.05, 4.69) is 0 Å². The van der Waals surface area contributed by atoms with Crippen molar-refractivity contribution in [1.82, 2.24) is 4.90 Å². The normalized spacial score (nSPS) is 19.9. The van der Waals surface area contributed by atoms with Crippen molar-refractivity contribution in [3.63, 3.8) is 0 Å². The molecule has 0 N–H and O–H groups in total. The summed E-state index contributed by atoms with van der Waals surface area (Å²) in [5, 5.41) is 0. The van der Waals surface area contributed by atoms with E-state index >= 15 is 0 Å². The first-order valence-electron chi connectivity index (χ1n) is 9.88. The molecule has 1 fully saturated rings. The number of nitrogens with zero attached hydrogens (tertiary/aromatic N) is 1. The highest BCUT2D eigenvalue weighted by molar-refractivity contribution is 5.84. The molecule has 7 heteroatoms. The zero-order valence-electron chi connectivity index (χ0n) is 16.8. The molecule has 28 heavy (non-hydrogen) atoms. The van der Waals surface area contributed by atoms with Crippen LogP contribution in [0.1, 0.15) is 43.9 Å². The van der Waals surface area contributed by atoms with Gasteiger partial charge in [-0.25, -0.2) is 9.59 Å². The number of carbonyl (C=O) groups is 2. The van der Waals surface area contributed by atoms with Gasteiger partial charge in [0.2, 0.25) is 0 Å². The van der Waals surface area contributed by atoms with Gasteiger partial charge in [-0.1, -0.05) is 19.9 Å². The second-order valence-electron chi connectivity index (χ2n) is 7.63. The van der Waals surface area contributed by atoms with Crippen LogP contribution >= 0.6 is 0 Å². The number of benzene rings is 1. The molecule has 2 aliphatic rings. The lowest BCUT2D eigenvalue weighted by Crippen LogP contribution is -2.44. The van der Waals surface area contributed by atoms with Crippen molar-refractivity contribution in [3.05, 3.63) is 29.3 Å². The van der Waals surface area contributed by atoms with Crippen LogP contribution in [-0.4, -0.2) is 56.5 Å². The first-order chi connectivity index (χ1) is 13.5. The summed E-state index contributed by atoms with van der Waals surface area (Å²) in [5.41, 5.74) is 1.76. The number of ether oxygens (including phenoxy) is 4. The van der Waals surface area contributed by atoms with Crippen LogP contribution in [0, 0.1) is 5.92 Å². The number of fused-ring (bicyclic) bond motifs is 1. The number of methoxy groups -OCH3 is 1. The van der Waals surface area contributed by atoms with Crippen molar-refractivity contribution in [2.45, 2.75) is 45.3 Å². The first-order valence-corrected chi connectivity index (χ1v) is 9.88. The Hall–Kier alpha value is -2.28. The van der Waals surface area contributed by atoms with Gasteiger partial charge in [-0.15, -0.1) is 0 Å². The number of rotatable bonds is 5. The van der Waals surface area contributed by atoms with Gasteiger partial charge in [0, 0.05) is 19.4 Å². The second kappa shape index (κ2) is 9.28. The summed E-state index contributed by atoms with van der Waals surface area (Å²) < 4.78 is 21.8. The fourth-order valence-corrected chi connectivity index (χ4v) is 3.55. The summed E-state index contributed by atoms with van der Waals surface area (Å²) in [5.74, 6) is 0.535. The third-order valence-electron chi connectivity index (χ3n) is 5.01. The van der Waals surface area contributed by atoms with Gasteiger partial charge in [-0.3, -0.25) is 4.90 Å². The van der Waals surface area contributed by atoms with Crippen LogP contribution in [0.2, 0.25) is 0 Å². The maximum Gasteiger partial charge on any atom is 0.410 e. The van der Waals surface area contributed by atoms with Crippen LogP contribution in [0.15, 0.2) is 18.2 Å². The quantitative estimate of drug-likeness (QED) is 0.718. The van der Waals surface area contributed by atoms with Crippen LogP contribution < -0.4 is 4.74 Å². The number of hydrogen-bond donors (Lipinski definition) is 0. The summed E-state index contributed by atoms with van der Waals surface area (Å²) >= 11 is 0. The predicted octanol–water partition coefficient (Wildman–Crippen LogP) is 3.11. The molecule has 2 aliphatic heterocycles. The van der Waals surface area contributed by atoms with E-state index in [1.807, 2.05) is 32.0 Å². The van der Waals surface area contributed by atoms with Gasteiger partial charge in [-0.05, 0) is 35.6 Å². The maximum absolute atomic E-state index is 12.5. The number of amides is 1. The molecule has 7 nitrogen and oxygen atoms in total. The molecule has 1 aromatic rings. The van der Waals surface area contributed by atoms with Crippen molar-refractivity contribution in [2.24, 2.45) is 5.92 Å². The lowest BCUT2D eigenvalue weighted by Gasteiger charge is -2.35. The highest BCUT2D eigenvalue weighted by Gasteiger charge is 2.38. The third kappa shape index (κ3) is 4.76. The largest absolute Gasteiger partial charge is 0.490 e. The smallest absolute Gasteiger partial charge is 0.410 e. The van der Waals surface area contributed by atoms with E-state index < -0.39 is 18.1 Å². The molecule has 2 heterocycles. The lowest BCUT2D eigenvalue weighted by atomic mass is 9.92. The molecule has 154 valence electrons. The van der Waals surface area contributed by atoms with Gasteiger partial charge < -0.3 is 18.9 Å². The molecule has 3 rings (SSSR count). The summed E-state index contributed by atoms with van der Waals surface area (Å²) in [6, 6.07) is 4.88. The molecule has 0 saturated carbocycles. The van der Waals surface area contributed by atoms with Gasteiger partial charge in [0.25, 0.3) is 0 Å². The van der Waals surface area contributed by atoms with E-state index in [1.54, 1.807) is 0 Å². The Labute approximate surface area is 165 Å². The average molecular weight is 391 g/mol. The lowest BCUT2D eigenvalue weighted by molar-refractivity contribution is -0.147. The van der Waals surface area contributed by atoms with Gasteiger partial charge in [0.15, 0.2) is 6.04 Å². The third-order valence-corrected chi connectivity index (χ3v) is 5.01. The molecular weight excluding hydrogens is 362 g/mol. The number of esters is 1. The fraction of sp³-hybridized carbons (Fsp3) is 0.619. The van der Waals surface area contributed by atoms with E-state index in [0.717, 1.165) is 29.7 Å². The minimum atomic E-state index is -0.800. The van der Waals surface area contributed by atoms with Crippen molar-refractivity contribution >= 4 is 12.1 Å². The van der Waals surface area contributed by atoms with Gasteiger partial charge in [0.05, 0.1) is 26.9 Å². The zero-order valence-corrected chi connectivity index (χ0v) is 16.8. The average Bonchev–Trinajstić information content (AvgIpc) is 2.71. The molecule has 1 unspecified atom stereocenters. The Balaban J connectivity index is 1.78. The first kappa shape index (κ1) is 20.5. The van der Waals surface area contributed by atoms with Crippen LogP contribution in [0.5, 0.6) is 5.75 Å². The van der Waals surface area contributed by atoms with Gasteiger partial charge in [0.1, 0.15) is 11.9 Å². The summed E-state index contributed by atoms with van der Waals surface area (Å²) in [6.07, 6.45) is 2.03. The topological polar surface area (TPSA) is 74.3 Å². The molecular formula is C21H29NO6. The minimum absolute atomic E-state index is 0.148. The Morgan fingerprint density at radius 1 is 1.25 bits per heavy atom. The Morgan fingerprint density at radius 2 is 2.00 bits per heavy atom. The molecule has 0 spiro atoms. The van der Waals surface area contributed by atoms with Crippen LogP contribution in [0.4, 0.5) is 4.79 Å². The fourth-order valence-electron chi connectivity index (χ4n) is 3.55. The number of hydrogen-bond acceptors (Lipinski definition) is 6. The van der Waals surface area contributed by atoms with Crippen molar-refractivity contribution in [3.8, 4) is 5.75 Å². The molecule has 0 aromatic heterocycles. The van der Waals surface area contributed by atoms with Crippen LogP contribution in [0.25, 0.3) is 0 Å². The summed E-state index contributed by atoms with van der Waals surface area (Å²) in [6.45, 7) is 6.08. The predicted molar refractivity (Wildman–Crippen MR) is 102 cm³/mol. The monoisotopic (exact) mass is 391 g/mol. The molecule has 1 atom stereocenters. The van der Waals surface area contributed by atoms with Crippen molar-refractivity contribution in [2.75, 3.05) is 33.5 Å². The standard InChI is InChI=1S/C21H29NO6/c1-14(2)13-27-21(24)22-9-6-15-12-17(28-16-7-10-26-11-8-16)4-5-18(15)19(22)20(23)25-3/h4-5,12,14,16,19H,6-11,13H2,1-3H3. The molecule has 0 radical (unpaired) electrons. The zero-order chi connectivity index (χ0) is 20.1. The molecule has 1 saturated heterocycles. The number of carbonyl (C=O) groups excluding carboxylic acids is 2. The van der Waals surface area contributed by atoms with E-state index in [-0.39, 0.29) is 12.0 Å². The molecule has 0 bridgehead atoms. The van der Waals surface area contributed by atoms with Gasteiger partial charge in [-0.2, -0.15) is 0 Å². The van der Waals surface area contributed by atoms with Crippen LogP contribution in [-0.2, 0) is 25.4 Å². The van der Waals surface area contributed by atoms with Crippen molar-refractivity contribution in [1.29, 1.82) is 0 Å². The van der Waals surface area contributed by atoms with Gasteiger partial charge >= 0.3 is 12.1 Å². The van der Waals surface area contributed by atoms with E-state index in [9.17, 15) is 9.59 Å². The molecule has 1 aromatic carbocycles. The molecule has 0 aliphatic carbocycles. The minimum Gasteiger partial charge on any atom is -0.490 e. The summed E-state index contributed by atoms with van der Waals surface area (Å²) in [7, 11) is 1.33. The maximum atomic E-state index is 12.5. The summed E-state index contributed by atoms with van der Waals surface area (Å²) in [4.78, 5) is 26.5. The highest BCUT2D eigenvalue weighted by atomic mass is 16.6. The second-order valence-corrected chi connectivity index (χ2v) is 7.63. The highest BCUT2D eigenvalue weighted by Crippen LogP contribution is 2.34. The molecule has 1 amide bonds. The van der Waals surface area contributed by atoms with E-state index in [1.165, 1.54) is 12.0 Å². The Morgan fingerprint density at radius 3 is 2.68 bits per heavy atom. The Bertz CT molecular complexity index is 698.